The van der Waals surface area contributed by atoms with Crippen LogP contribution in [-0.4, -0.2) is 72.5 Å². The Bertz CT molecular complexity index is 2660. The van der Waals surface area contributed by atoms with E-state index in [1.54, 1.807) is 30.5 Å². The fraction of sp³-hybridized carbons (Fsp3) is 0.370. The average molecular weight is 842 g/mol. The van der Waals surface area contributed by atoms with Crippen molar-refractivity contribution in [1.82, 2.24) is 19.6 Å². The van der Waals surface area contributed by atoms with Gasteiger partial charge < -0.3 is 24.6 Å². The summed E-state index contributed by atoms with van der Waals surface area (Å²) in [5, 5.41) is 16.0. The number of rotatable bonds is 13. The molecule has 0 bridgehead atoms. The van der Waals surface area contributed by atoms with Gasteiger partial charge in [0.25, 0.3) is 21.6 Å². The van der Waals surface area contributed by atoms with Crippen molar-refractivity contribution in [2.45, 2.75) is 80.3 Å². The summed E-state index contributed by atoms with van der Waals surface area (Å²) in [6.45, 7) is 10.6. The van der Waals surface area contributed by atoms with E-state index in [0.29, 0.717) is 37.1 Å². The lowest BCUT2D eigenvalue weighted by atomic mass is 9.87. The zero-order chi connectivity index (χ0) is 42.1. The molecule has 14 nitrogen and oxygen atoms in total. The number of fused-ring (bicyclic) bond motifs is 1. The van der Waals surface area contributed by atoms with Crippen molar-refractivity contribution in [3.8, 4) is 11.5 Å². The van der Waals surface area contributed by atoms with E-state index in [1.165, 1.54) is 42.3 Å². The molecule has 1 saturated carbocycles. The average Bonchev–Trinajstić information content (AvgIpc) is 3.87. The van der Waals surface area contributed by atoms with E-state index in [9.17, 15) is 23.3 Å². The first kappa shape index (κ1) is 40.3. The molecule has 5 aromatic rings. The highest BCUT2D eigenvalue weighted by atomic mass is 32.2. The third-order valence-electron chi connectivity index (χ3n) is 12.6. The zero-order valence-electron chi connectivity index (χ0n) is 33.6. The van der Waals surface area contributed by atoms with E-state index in [1.807, 2.05) is 6.07 Å². The normalized spacial score (nSPS) is 21.1. The molecule has 0 spiro atoms. The van der Waals surface area contributed by atoms with Gasteiger partial charge in [0.2, 0.25) is 6.04 Å². The fourth-order valence-electron chi connectivity index (χ4n) is 9.18. The number of benzene rings is 3. The van der Waals surface area contributed by atoms with Gasteiger partial charge in [0.05, 0.1) is 21.6 Å². The number of likely N-dealkylation sites (tertiary alicyclic amines) is 1. The van der Waals surface area contributed by atoms with Gasteiger partial charge in [-0.25, -0.2) is 24.7 Å². The van der Waals surface area contributed by atoms with Crippen molar-refractivity contribution in [2.24, 2.45) is 5.92 Å². The molecule has 314 valence electrons. The van der Waals surface area contributed by atoms with Gasteiger partial charge in [-0.05, 0) is 115 Å². The highest BCUT2D eigenvalue weighted by Gasteiger charge is 2.45. The van der Waals surface area contributed by atoms with Crippen LogP contribution >= 0.6 is 0 Å². The molecule has 3 unspecified atom stereocenters. The lowest BCUT2D eigenvalue weighted by Crippen LogP contribution is -2.37. The molecular weight excluding hydrogens is 795 g/mol. The Balaban J connectivity index is 0.964. The second-order valence-corrected chi connectivity index (χ2v) is 18.1. The topological polar surface area (TPSA) is 173 Å². The third kappa shape index (κ3) is 8.61. The number of ether oxygens (including phenoxy) is 2. The molecule has 2 aliphatic heterocycles. The number of hydrogen-bond acceptors (Lipinski definition) is 10. The van der Waals surface area contributed by atoms with Crippen LogP contribution in [0.2, 0.25) is 0 Å². The monoisotopic (exact) mass is 841 g/mol. The molecule has 15 heteroatoms. The largest absolute Gasteiger partial charge is 0.455 e. The Morgan fingerprint density at radius 2 is 1.84 bits per heavy atom. The molecule has 9 rings (SSSR count). The van der Waals surface area contributed by atoms with Crippen LogP contribution < -0.4 is 14.8 Å². The summed E-state index contributed by atoms with van der Waals surface area (Å²) in [5.41, 5.74) is 4.99. The predicted molar refractivity (Wildman–Crippen MR) is 231 cm³/mol. The Kier molecular flexibility index (Phi) is 11.3. The molecule has 3 fully saturated rings. The van der Waals surface area contributed by atoms with Gasteiger partial charge >= 0.3 is 0 Å². The summed E-state index contributed by atoms with van der Waals surface area (Å²) in [7, 11) is -4.56. The number of allylic oxidation sites excluding steroid dienone is 1. The maximum atomic E-state index is 13.9. The molecule has 3 atom stereocenters. The van der Waals surface area contributed by atoms with Crippen LogP contribution in [0.5, 0.6) is 11.5 Å². The maximum Gasteiger partial charge on any atom is 0.293 e. The highest BCUT2D eigenvalue weighted by Crippen LogP contribution is 2.48. The van der Waals surface area contributed by atoms with Gasteiger partial charge in [-0.15, -0.1) is 0 Å². The lowest BCUT2D eigenvalue weighted by molar-refractivity contribution is -0.384. The number of carbonyl (C=O) groups is 1. The molecule has 4 heterocycles. The van der Waals surface area contributed by atoms with Crippen LogP contribution in [0.1, 0.15) is 90.4 Å². The minimum atomic E-state index is -4.56. The van der Waals surface area contributed by atoms with E-state index < -0.39 is 31.4 Å². The Labute approximate surface area is 354 Å². The molecule has 0 radical (unpaired) electrons. The summed E-state index contributed by atoms with van der Waals surface area (Å²) < 4.78 is 41.2. The van der Waals surface area contributed by atoms with Crippen LogP contribution in [0.25, 0.3) is 21.5 Å². The van der Waals surface area contributed by atoms with E-state index in [4.69, 9.17) is 16.0 Å². The van der Waals surface area contributed by atoms with E-state index in [0.717, 1.165) is 67.7 Å². The highest BCUT2D eigenvalue weighted by molar-refractivity contribution is 7.90. The molecule has 2 aliphatic carbocycles. The van der Waals surface area contributed by atoms with Gasteiger partial charge in [0, 0.05) is 56.4 Å². The number of nitro groups is 1. The van der Waals surface area contributed by atoms with Gasteiger partial charge in [0.15, 0.2) is 0 Å². The summed E-state index contributed by atoms with van der Waals surface area (Å²) in [4.78, 5) is 39.1. The first-order valence-electron chi connectivity index (χ1n) is 21.0. The second-order valence-electron chi connectivity index (χ2n) is 16.4. The Hall–Kier alpha value is -6.08. The summed E-state index contributed by atoms with van der Waals surface area (Å²) in [5.74, 6) is 0.375. The number of anilines is 1. The maximum absolute atomic E-state index is 13.9. The quantitative estimate of drug-likeness (QED) is 0.0591. The smallest absolute Gasteiger partial charge is 0.293 e. The standard InChI is InChI=1S/C46H47N7O7S/c1-47-41-17-21-52(44(41)38-5-3-2-4-37(38)31-6-7-31)34-11-8-30(9-12-34)32-10-14-39(43(25-32)60-35-24-33-16-20-48-45(33)50-28-35)46(54)51-61(57,58)36-13-15-40(42(26-36)53(55)56)49-27-29-18-22-59-23-19-29/h2-5,8,10,13-16,20,24-26,28-29,31,34,41,44,49H,6-7,9,11-12,17-19,21-23,27H2,(H,48,50)(H,51,54). The second kappa shape index (κ2) is 17.1. The molecule has 1 amide bonds. The minimum absolute atomic E-state index is 0.0422. The predicted octanol–water partition coefficient (Wildman–Crippen LogP) is 8.77. The Morgan fingerprint density at radius 1 is 1.02 bits per heavy atom. The van der Waals surface area contributed by atoms with Crippen molar-refractivity contribution in [3.63, 3.8) is 0 Å². The zero-order valence-corrected chi connectivity index (χ0v) is 34.4. The number of nitrogens with one attached hydrogen (secondary N) is 3. The number of hydrogen-bond donors (Lipinski definition) is 3. The molecule has 61 heavy (non-hydrogen) atoms. The van der Waals surface area contributed by atoms with E-state index >= 15 is 0 Å². The molecule has 2 aromatic heterocycles. The van der Waals surface area contributed by atoms with E-state index in [2.05, 4.69) is 60.1 Å². The fourth-order valence-corrected chi connectivity index (χ4v) is 10.2. The van der Waals surface area contributed by atoms with Crippen LogP contribution in [0, 0.1) is 22.6 Å². The number of nitro benzene ring substituents is 1. The first-order valence-corrected chi connectivity index (χ1v) is 22.5. The van der Waals surface area contributed by atoms with Gasteiger partial charge in [-0.3, -0.25) is 19.8 Å². The SMILES string of the molecule is [C-]#[N+]C1CCN(C2CC=C(c3ccc(C(=O)NS(=O)(=O)c4ccc(NCC5CCOCC5)c([N+](=O)[O-])c4)c(Oc4cnc5[nH]ccc5c4)c3)CC2)C1c1ccccc1C1CC1. The van der Waals surface area contributed by atoms with Crippen molar-refractivity contribution in [2.75, 3.05) is 31.6 Å². The number of aromatic nitrogens is 2. The third-order valence-corrected chi connectivity index (χ3v) is 13.9. The molecular formula is C46H47N7O7S. The number of aromatic amines is 1. The van der Waals surface area contributed by atoms with Crippen LogP contribution in [-0.2, 0) is 14.8 Å². The number of carbonyl (C=O) groups excluding carboxylic acids is 1. The number of amides is 1. The van der Waals surface area contributed by atoms with Crippen LogP contribution in [0.15, 0.2) is 96.2 Å². The number of pyridine rings is 1. The minimum Gasteiger partial charge on any atom is -0.455 e. The van der Waals surface area contributed by atoms with Crippen LogP contribution in [0.3, 0.4) is 0 Å². The van der Waals surface area contributed by atoms with Crippen LogP contribution in [0.4, 0.5) is 11.4 Å². The van der Waals surface area contributed by atoms with Gasteiger partial charge in [-0.1, -0.05) is 36.4 Å². The first-order chi connectivity index (χ1) is 29.6. The van der Waals surface area contributed by atoms with Crippen molar-refractivity contribution in [3.05, 3.63) is 135 Å². The summed E-state index contributed by atoms with van der Waals surface area (Å²) >= 11 is 0. The summed E-state index contributed by atoms with van der Waals surface area (Å²) in [6.07, 6.45) is 12.8. The Morgan fingerprint density at radius 3 is 2.59 bits per heavy atom. The number of H-pyrrole nitrogens is 1. The molecule has 3 N–H and O–H groups in total. The van der Waals surface area contributed by atoms with Gasteiger partial charge in [-0.2, -0.15) is 0 Å². The molecule has 2 saturated heterocycles. The molecule has 3 aromatic carbocycles. The number of nitrogens with zero attached hydrogens (tertiary/aromatic N) is 4. The van der Waals surface area contributed by atoms with Crippen molar-refractivity contribution < 1.29 is 27.6 Å². The summed E-state index contributed by atoms with van der Waals surface area (Å²) in [6, 6.07) is 21.2. The molecule has 4 aliphatic rings. The van der Waals surface area contributed by atoms with Crippen molar-refractivity contribution >= 4 is 43.9 Å². The number of sulfonamides is 1. The van der Waals surface area contributed by atoms with E-state index in [-0.39, 0.29) is 41.0 Å². The van der Waals surface area contributed by atoms with Gasteiger partial charge in [0.1, 0.15) is 28.9 Å². The lowest BCUT2D eigenvalue weighted by Gasteiger charge is -2.35. The van der Waals surface area contributed by atoms with Crippen molar-refractivity contribution in [1.29, 1.82) is 0 Å².